The number of phenols is 1. The van der Waals surface area contributed by atoms with Crippen LogP contribution < -0.4 is 0 Å². The van der Waals surface area contributed by atoms with Gasteiger partial charge in [0.1, 0.15) is 5.75 Å². The molecule has 1 amide bonds. The maximum absolute atomic E-state index is 12.7. The highest BCUT2D eigenvalue weighted by atomic mass is 16.5. The number of aliphatic hydroxyl groups is 1. The summed E-state index contributed by atoms with van der Waals surface area (Å²) in [6.45, 7) is 8.18. The van der Waals surface area contributed by atoms with E-state index in [0.29, 0.717) is 12.2 Å². The van der Waals surface area contributed by atoms with Gasteiger partial charge in [-0.25, -0.2) is 0 Å². The standard InChI is InChI=1S/C20H27NO5/c1-12(2)11-16(23)17-18(14-5-7-15(22)8-6-14)21(20(25)19(17)24)9-10-26-13(3)4/h5-8,12-13,18,22,24H,9-11H2,1-4H3. The molecule has 1 atom stereocenters. The average Bonchev–Trinajstić information content (AvgIpc) is 2.79. The van der Waals surface area contributed by atoms with Crippen molar-refractivity contribution in [2.24, 2.45) is 5.92 Å². The second-order valence-electron chi connectivity index (χ2n) is 7.20. The zero-order valence-corrected chi connectivity index (χ0v) is 15.7. The number of hydrogen-bond acceptors (Lipinski definition) is 5. The van der Waals surface area contributed by atoms with Crippen LogP contribution in [-0.2, 0) is 14.3 Å². The number of aromatic hydroxyl groups is 1. The fourth-order valence-electron chi connectivity index (χ4n) is 3.04. The molecule has 0 aliphatic carbocycles. The van der Waals surface area contributed by atoms with Gasteiger partial charge in [-0.1, -0.05) is 26.0 Å². The summed E-state index contributed by atoms with van der Waals surface area (Å²) in [6.07, 6.45) is 0.265. The molecule has 0 saturated heterocycles. The van der Waals surface area contributed by atoms with Gasteiger partial charge in [-0.2, -0.15) is 0 Å². The van der Waals surface area contributed by atoms with Gasteiger partial charge in [0, 0.05) is 13.0 Å². The first-order chi connectivity index (χ1) is 12.2. The number of nitrogens with zero attached hydrogens (tertiary/aromatic N) is 1. The van der Waals surface area contributed by atoms with Crippen LogP contribution in [0.5, 0.6) is 5.75 Å². The van der Waals surface area contributed by atoms with Crippen molar-refractivity contribution in [2.75, 3.05) is 13.2 Å². The Kier molecular flexibility index (Phi) is 6.42. The van der Waals surface area contributed by atoms with Crippen LogP contribution in [-0.4, -0.2) is 46.1 Å². The van der Waals surface area contributed by atoms with E-state index in [1.54, 1.807) is 12.1 Å². The summed E-state index contributed by atoms with van der Waals surface area (Å²) < 4.78 is 5.53. The number of benzene rings is 1. The highest BCUT2D eigenvalue weighted by Gasteiger charge is 2.43. The Morgan fingerprint density at radius 2 is 1.77 bits per heavy atom. The summed E-state index contributed by atoms with van der Waals surface area (Å²) in [4.78, 5) is 26.8. The number of aliphatic hydroxyl groups excluding tert-OH is 1. The highest BCUT2D eigenvalue weighted by molar-refractivity contribution is 6.09. The second-order valence-corrected chi connectivity index (χ2v) is 7.20. The first-order valence-electron chi connectivity index (χ1n) is 8.90. The summed E-state index contributed by atoms with van der Waals surface area (Å²) in [7, 11) is 0. The van der Waals surface area contributed by atoms with E-state index in [-0.39, 0.29) is 42.1 Å². The van der Waals surface area contributed by atoms with Crippen LogP contribution in [0.15, 0.2) is 35.6 Å². The van der Waals surface area contributed by atoms with Crippen molar-refractivity contribution in [3.63, 3.8) is 0 Å². The molecule has 0 spiro atoms. The number of ether oxygens (including phenoxy) is 1. The van der Waals surface area contributed by atoms with Crippen molar-refractivity contribution in [3.8, 4) is 5.75 Å². The maximum Gasteiger partial charge on any atom is 0.290 e. The van der Waals surface area contributed by atoms with Gasteiger partial charge in [0.05, 0.1) is 24.3 Å². The molecule has 26 heavy (non-hydrogen) atoms. The van der Waals surface area contributed by atoms with Gasteiger partial charge in [-0.05, 0) is 37.5 Å². The van der Waals surface area contributed by atoms with Gasteiger partial charge < -0.3 is 19.8 Å². The number of phenolic OH excluding ortho intramolecular Hbond substituents is 1. The predicted octanol–water partition coefficient (Wildman–Crippen LogP) is 3.13. The zero-order chi connectivity index (χ0) is 19.4. The van der Waals surface area contributed by atoms with Crippen LogP contribution in [0.25, 0.3) is 0 Å². The second kappa shape index (κ2) is 8.36. The quantitative estimate of drug-likeness (QED) is 0.743. The van der Waals surface area contributed by atoms with E-state index in [4.69, 9.17) is 4.74 Å². The summed E-state index contributed by atoms with van der Waals surface area (Å²) in [5.41, 5.74) is 0.788. The van der Waals surface area contributed by atoms with Gasteiger partial charge in [-0.3, -0.25) is 9.59 Å². The van der Waals surface area contributed by atoms with Crippen molar-refractivity contribution in [1.82, 2.24) is 4.90 Å². The van der Waals surface area contributed by atoms with Crippen LogP contribution in [0.3, 0.4) is 0 Å². The molecule has 0 saturated carbocycles. The first-order valence-corrected chi connectivity index (χ1v) is 8.90. The van der Waals surface area contributed by atoms with Gasteiger partial charge in [-0.15, -0.1) is 0 Å². The van der Waals surface area contributed by atoms with Crippen molar-refractivity contribution in [1.29, 1.82) is 0 Å². The van der Waals surface area contributed by atoms with Crippen LogP contribution in [0.1, 0.15) is 45.7 Å². The van der Waals surface area contributed by atoms with Crippen molar-refractivity contribution < 1.29 is 24.5 Å². The molecule has 1 aromatic carbocycles. The zero-order valence-electron chi connectivity index (χ0n) is 15.7. The summed E-state index contributed by atoms with van der Waals surface area (Å²) >= 11 is 0. The molecule has 1 heterocycles. The third kappa shape index (κ3) is 4.43. The van der Waals surface area contributed by atoms with Gasteiger partial charge >= 0.3 is 0 Å². The monoisotopic (exact) mass is 361 g/mol. The molecule has 6 heteroatoms. The van der Waals surface area contributed by atoms with Crippen molar-refractivity contribution in [2.45, 2.75) is 46.3 Å². The maximum atomic E-state index is 12.7. The minimum Gasteiger partial charge on any atom is -0.508 e. The van der Waals surface area contributed by atoms with E-state index in [1.165, 1.54) is 17.0 Å². The Labute approximate surface area is 154 Å². The number of carbonyl (C=O) groups is 2. The molecule has 0 bridgehead atoms. The fourth-order valence-corrected chi connectivity index (χ4v) is 3.04. The van der Waals surface area contributed by atoms with E-state index in [0.717, 1.165) is 0 Å². The molecule has 0 fully saturated rings. The summed E-state index contributed by atoms with van der Waals surface area (Å²) in [6, 6.07) is 5.64. The smallest absolute Gasteiger partial charge is 0.290 e. The minimum atomic E-state index is -0.676. The van der Waals surface area contributed by atoms with Crippen LogP contribution in [0.2, 0.25) is 0 Å². The molecule has 6 nitrogen and oxygen atoms in total. The van der Waals surface area contributed by atoms with Crippen LogP contribution in [0, 0.1) is 5.92 Å². The van der Waals surface area contributed by atoms with Crippen LogP contribution >= 0.6 is 0 Å². The Morgan fingerprint density at radius 3 is 2.31 bits per heavy atom. The SMILES string of the molecule is CC(C)CC(=O)C1=C(O)C(=O)N(CCOC(C)C)C1c1ccc(O)cc1. The molecule has 0 radical (unpaired) electrons. The van der Waals surface area contributed by atoms with E-state index in [1.807, 2.05) is 27.7 Å². The number of amides is 1. The fraction of sp³-hybridized carbons (Fsp3) is 0.500. The molecular weight excluding hydrogens is 334 g/mol. The Bertz CT molecular complexity index is 691. The Balaban J connectivity index is 2.38. The normalized spacial score (nSPS) is 17.7. The van der Waals surface area contributed by atoms with E-state index in [9.17, 15) is 19.8 Å². The molecule has 1 unspecified atom stereocenters. The largest absolute Gasteiger partial charge is 0.508 e. The molecular formula is C20H27NO5. The Morgan fingerprint density at radius 1 is 1.15 bits per heavy atom. The third-order valence-electron chi connectivity index (χ3n) is 4.19. The summed E-state index contributed by atoms with van der Waals surface area (Å²) in [5.74, 6) is -1.09. The van der Waals surface area contributed by atoms with Crippen molar-refractivity contribution in [3.05, 3.63) is 41.2 Å². The number of ketones is 1. The lowest BCUT2D eigenvalue weighted by atomic mass is 9.92. The molecule has 1 aromatic rings. The first kappa shape index (κ1) is 20.0. The van der Waals surface area contributed by atoms with E-state index >= 15 is 0 Å². The lowest BCUT2D eigenvalue weighted by molar-refractivity contribution is -0.130. The highest BCUT2D eigenvalue weighted by Crippen LogP contribution is 2.38. The number of hydrogen-bond donors (Lipinski definition) is 2. The molecule has 1 aliphatic heterocycles. The van der Waals surface area contributed by atoms with E-state index < -0.39 is 17.7 Å². The predicted molar refractivity (Wildman–Crippen MR) is 97.8 cm³/mol. The number of rotatable bonds is 8. The minimum absolute atomic E-state index is 0.0171. The summed E-state index contributed by atoms with van der Waals surface area (Å²) in [5, 5.41) is 19.9. The Hall–Kier alpha value is -2.34. The van der Waals surface area contributed by atoms with Crippen LogP contribution in [0.4, 0.5) is 0 Å². The lowest BCUT2D eigenvalue weighted by Gasteiger charge is -2.27. The molecule has 1 aliphatic rings. The van der Waals surface area contributed by atoms with Gasteiger partial charge in [0.15, 0.2) is 11.5 Å². The number of Topliss-reactive ketones (excluding diaryl/α,β-unsaturated/α-hetero) is 1. The molecule has 142 valence electrons. The third-order valence-corrected chi connectivity index (χ3v) is 4.19. The van der Waals surface area contributed by atoms with Gasteiger partial charge in [0.2, 0.25) is 0 Å². The van der Waals surface area contributed by atoms with Gasteiger partial charge in [0.25, 0.3) is 5.91 Å². The molecule has 2 rings (SSSR count). The molecule has 2 N–H and O–H groups in total. The topological polar surface area (TPSA) is 87.1 Å². The lowest BCUT2D eigenvalue weighted by Crippen LogP contribution is -2.34. The molecule has 0 aromatic heterocycles. The van der Waals surface area contributed by atoms with Crippen molar-refractivity contribution >= 4 is 11.7 Å². The van der Waals surface area contributed by atoms with E-state index in [2.05, 4.69) is 0 Å². The average molecular weight is 361 g/mol. The number of carbonyl (C=O) groups excluding carboxylic acids is 2.